The summed E-state index contributed by atoms with van der Waals surface area (Å²) in [6.45, 7) is 1.37. The van der Waals surface area contributed by atoms with Crippen molar-refractivity contribution in [2.45, 2.75) is 18.9 Å². The van der Waals surface area contributed by atoms with Gasteiger partial charge in [0, 0.05) is 13.1 Å². The molecule has 1 fully saturated rings. The van der Waals surface area contributed by atoms with Gasteiger partial charge in [-0.25, -0.2) is 0 Å². The second kappa shape index (κ2) is 6.72. The van der Waals surface area contributed by atoms with Crippen LogP contribution in [-0.4, -0.2) is 48.8 Å². The van der Waals surface area contributed by atoms with Crippen LogP contribution in [0, 0.1) is 5.92 Å². The highest BCUT2D eigenvalue weighted by molar-refractivity contribution is 5.80. The molecule has 5 nitrogen and oxygen atoms in total. The van der Waals surface area contributed by atoms with Crippen molar-refractivity contribution in [2.24, 2.45) is 11.7 Å². The predicted octanol–water partition coefficient (Wildman–Crippen LogP) is 0.406. The van der Waals surface area contributed by atoms with Crippen LogP contribution < -0.4 is 10.5 Å². The fourth-order valence-corrected chi connectivity index (χ4v) is 2.91. The van der Waals surface area contributed by atoms with Crippen LogP contribution in [0.15, 0.2) is 24.3 Å². The van der Waals surface area contributed by atoms with Crippen LogP contribution in [-0.2, 0) is 11.2 Å². The Morgan fingerprint density at radius 3 is 2.70 bits per heavy atom. The number of likely N-dealkylation sites (tertiary alicyclic amines) is 1. The van der Waals surface area contributed by atoms with Gasteiger partial charge in [0.15, 0.2) is 0 Å². The molecule has 1 aliphatic heterocycles. The summed E-state index contributed by atoms with van der Waals surface area (Å²) in [5.41, 5.74) is 6.66. The SMILES string of the molecule is COc1ccc(C[C@H]2C[C@@H](C(N)=O)N(CCO)C2)cc1. The van der Waals surface area contributed by atoms with Crippen molar-refractivity contribution >= 4 is 5.91 Å². The number of ether oxygens (including phenoxy) is 1. The van der Waals surface area contributed by atoms with E-state index in [2.05, 4.69) is 0 Å². The molecule has 0 aromatic heterocycles. The van der Waals surface area contributed by atoms with Crippen molar-refractivity contribution in [1.82, 2.24) is 4.90 Å². The summed E-state index contributed by atoms with van der Waals surface area (Å²) < 4.78 is 5.14. The first-order valence-corrected chi connectivity index (χ1v) is 6.91. The Hall–Kier alpha value is -1.59. The number of benzene rings is 1. The first-order chi connectivity index (χ1) is 9.63. The molecule has 0 spiro atoms. The zero-order valence-electron chi connectivity index (χ0n) is 11.8. The lowest BCUT2D eigenvalue weighted by molar-refractivity contribution is -0.122. The minimum atomic E-state index is -0.296. The first kappa shape index (κ1) is 14.8. The number of aliphatic hydroxyl groups is 1. The van der Waals surface area contributed by atoms with Crippen LogP contribution >= 0.6 is 0 Å². The third-order valence-electron chi connectivity index (χ3n) is 3.89. The van der Waals surface area contributed by atoms with Gasteiger partial charge in [-0.05, 0) is 36.5 Å². The molecule has 0 radical (unpaired) electrons. The fourth-order valence-electron chi connectivity index (χ4n) is 2.91. The first-order valence-electron chi connectivity index (χ1n) is 6.91. The van der Waals surface area contributed by atoms with E-state index in [1.807, 2.05) is 29.2 Å². The summed E-state index contributed by atoms with van der Waals surface area (Å²) in [7, 11) is 1.65. The number of carbonyl (C=O) groups is 1. The molecule has 1 aliphatic rings. The topological polar surface area (TPSA) is 75.8 Å². The number of amides is 1. The van der Waals surface area contributed by atoms with E-state index in [1.165, 1.54) is 5.56 Å². The largest absolute Gasteiger partial charge is 0.497 e. The summed E-state index contributed by atoms with van der Waals surface area (Å²) in [4.78, 5) is 13.4. The average Bonchev–Trinajstić information content (AvgIpc) is 2.83. The van der Waals surface area contributed by atoms with Gasteiger partial charge in [0.2, 0.25) is 5.91 Å². The van der Waals surface area contributed by atoms with E-state index in [4.69, 9.17) is 15.6 Å². The van der Waals surface area contributed by atoms with Crippen molar-refractivity contribution in [3.63, 3.8) is 0 Å². The molecule has 3 N–H and O–H groups in total. The number of nitrogens with two attached hydrogens (primary N) is 1. The molecule has 1 saturated heterocycles. The smallest absolute Gasteiger partial charge is 0.234 e. The lowest BCUT2D eigenvalue weighted by Crippen LogP contribution is -2.41. The molecule has 0 bridgehead atoms. The van der Waals surface area contributed by atoms with E-state index in [1.54, 1.807) is 7.11 Å². The number of carbonyl (C=O) groups excluding carboxylic acids is 1. The van der Waals surface area contributed by atoms with E-state index in [9.17, 15) is 4.79 Å². The number of primary amides is 1. The highest BCUT2D eigenvalue weighted by Crippen LogP contribution is 2.26. The molecule has 1 heterocycles. The molecular formula is C15H22N2O3. The highest BCUT2D eigenvalue weighted by Gasteiger charge is 2.34. The highest BCUT2D eigenvalue weighted by atomic mass is 16.5. The van der Waals surface area contributed by atoms with Gasteiger partial charge < -0.3 is 15.6 Å². The van der Waals surface area contributed by atoms with Crippen LogP contribution in [0.3, 0.4) is 0 Å². The van der Waals surface area contributed by atoms with Crippen LogP contribution in [0.4, 0.5) is 0 Å². The van der Waals surface area contributed by atoms with Crippen molar-refractivity contribution < 1.29 is 14.6 Å². The normalized spacial score (nSPS) is 22.9. The maximum Gasteiger partial charge on any atom is 0.234 e. The van der Waals surface area contributed by atoms with E-state index >= 15 is 0 Å². The second-order valence-electron chi connectivity index (χ2n) is 5.29. The van der Waals surface area contributed by atoms with E-state index in [0.717, 1.165) is 25.1 Å². The number of aliphatic hydroxyl groups excluding tert-OH is 1. The molecule has 1 aromatic carbocycles. The Bertz CT molecular complexity index is 447. The van der Waals surface area contributed by atoms with Gasteiger partial charge >= 0.3 is 0 Å². The Morgan fingerprint density at radius 1 is 1.45 bits per heavy atom. The third kappa shape index (κ3) is 3.49. The van der Waals surface area contributed by atoms with Gasteiger partial charge in [-0.3, -0.25) is 9.69 Å². The number of hydrogen-bond donors (Lipinski definition) is 2. The molecule has 0 saturated carbocycles. The number of nitrogens with zero attached hydrogens (tertiary/aromatic N) is 1. The van der Waals surface area contributed by atoms with Gasteiger partial charge in [0.1, 0.15) is 5.75 Å². The second-order valence-corrected chi connectivity index (χ2v) is 5.29. The number of methoxy groups -OCH3 is 1. The Morgan fingerprint density at radius 2 is 2.15 bits per heavy atom. The Labute approximate surface area is 119 Å². The molecule has 0 unspecified atom stereocenters. The standard InChI is InChI=1S/C15H22N2O3/c1-20-13-4-2-11(3-5-13)8-12-9-14(15(16)19)17(10-12)6-7-18/h2-5,12,14,18H,6-10H2,1H3,(H2,16,19)/t12-,14-/m0/s1. The molecule has 2 rings (SSSR count). The quantitative estimate of drug-likeness (QED) is 0.790. The number of hydrogen-bond acceptors (Lipinski definition) is 4. The molecule has 20 heavy (non-hydrogen) atoms. The maximum atomic E-state index is 11.5. The van der Waals surface area contributed by atoms with Gasteiger partial charge in [-0.15, -0.1) is 0 Å². The van der Waals surface area contributed by atoms with Crippen molar-refractivity contribution in [3.8, 4) is 5.75 Å². The lowest BCUT2D eigenvalue weighted by atomic mass is 9.96. The molecule has 5 heteroatoms. The molecular weight excluding hydrogens is 256 g/mol. The Kier molecular flexibility index (Phi) is 4.98. The van der Waals surface area contributed by atoms with Crippen molar-refractivity contribution in [2.75, 3.05) is 26.8 Å². The minimum Gasteiger partial charge on any atom is -0.497 e. The zero-order valence-corrected chi connectivity index (χ0v) is 11.8. The zero-order chi connectivity index (χ0) is 14.5. The van der Waals surface area contributed by atoms with Crippen LogP contribution in [0.5, 0.6) is 5.75 Å². The Balaban J connectivity index is 1.97. The molecule has 0 aliphatic carbocycles. The molecule has 1 aromatic rings. The van der Waals surface area contributed by atoms with Crippen LogP contribution in [0.25, 0.3) is 0 Å². The van der Waals surface area contributed by atoms with Crippen LogP contribution in [0.2, 0.25) is 0 Å². The molecule has 1 amide bonds. The average molecular weight is 278 g/mol. The van der Waals surface area contributed by atoms with Gasteiger partial charge in [-0.1, -0.05) is 12.1 Å². The van der Waals surface area contributed by atoms with Gasteiger partial charge in [0.25, 0.3) is 0 Å². The maximum absolute atomic E-state index is 11.5. The predicted molar refractivity (Wildman–Crippen MR) is 76.4 cm³/mol. The summed E-state index contributed by atoms with van der Waals surface area (Å²) in [6.07, 6.45) is 1.68. The molecule has 2 atom stereocenters. The number of β-amino-alcohol motifs (C(OH)–C–C–N with tert-alkyl or cyclic N) is 1. The monoisotopic (exact) mass is 278 g/mol. The number of rotatable bonds is 6. The van der Waals surface area contributed by atoms with Gasteiger partial charge in [-0.2, -0.15) is 0 Å². The minimum absolute atomic E-state index is 0.0546. The lowest BCUT2D eigenvalue weighted by Gasteiger charge is -2.20. The van der Waals surface area contributed by atoms with E-state index in [0.29, 0.717) is 12.5 Å². The summed E-state index contributed by atoms with van der Waals surface area (Å²) in [6, 6.07) is 7.74. The van der Waals surface area contributed by atoms with E-state index < -0.39 is 0 Å². The van der Waals surface area contributed by atoms with Gasteiger partial charge in [0.05, 0.1) is 19.8 Å². The van der Waals surface area contributed by atoms with E-state index in [-0.39, 0.29) is 18.6 Å². The van der Waals surface area contributed by atoms with Crippen molar-refractivity contribution in [3.05, 3.63) is 29.8 Å². The third-order valence-corrected chi connectivity index (χ3v) is 3.89. The van der Waals surface area contributed by atoms with Crippen LogP contribution in [0.1, 0.15) is 12.0 Å². The molecule has 110 valence electrons. The van der Waals surface area contributed by atoms with Crippen molar-refractivity contribution in [1.29, 1.82) is 0 Å². The summed E-state index contributed by atoms with van der Waals surface area (Å²) >= 11 is 0. The summed E-state index contributed by atoms with van der Waals surface area (Å²) in [5.74, 6) is 0.945. The fraction of sp³-hybridized carbons (Fsp3) is 0.533. The summed E-state index contributed by atoms with van der Waals surface area (Å²) in [5, 5.41) is 9.05.